The lowest BCUT2D eigenvalue weighted by Crippen LogP contribution is -2.39. The molecule has 0 heterocycles. The minimum absolute atomic E-state index is 0.0544. The van der Waals surface area contributed by atoms with E-state index in [1.165, 1.54) is 11.0 Å². The molecule has 0 aromatic carbocycles. The van der Waals surface area contributed by atoms with E-state index < -0.39 is 17.9 Å². The maximum atomic E-state index is 10.5. The zero-order valence-corrected chi connectivity index (χ0v) is 6.28. The third-order valence-corrected chi connectivity index (χ3v) is 1.25. The molecule has 0 bridgehead atoms. The number of amides is 2. The van der Waals surface area contributed by atoms with Crippen molar-refractivity contribution in [2.24, 2.45) is 5.73 Å². The summed E-state index contributed by atoms with van der Waals surface area (Å²) in [6.45, 7) is 0. The molecule has 0 saturated carbocycles. The van der Waals surface area contributed by atoms with Crippen molar-refractivity contribution < 1.29 is 20.0 Å². The van der Waals surface area contributed by atoms with Gasteiger partial charge in [-0.05, 0) is 6.42 Å². The maximum absolute atomic E-state index is 10.5. The number of nitrogens with one attached hydrogen (secondary N) is 2. The lowest BCUT2D eigenvalue weighted by atomic mass is 10.1. The number of hydrogen-bond donors (Lipinski definition) is 5. The van der Waals surface area contributed by atoms with Crippen LogP contribution in [0.5, 0.6) is 0 Å². The molecule has 0 saturated heterocycles. The van der Waals surface area contributed by atoms with Crippen LogP contribution in [0.25, 0.3) is 0 Å². The van der Waals surface area contributed by atoms with E-state index in [0.29, 0.717) is 0 Å². The van der Waals surface area contributed by atoms with Crippen LogP contribution >= 0.6 is 0 Å². The third-order valence-electron chi connectivity index (χ3n) is 1.25. The predicted octanol–water partition coefficient (Wildman–Crippen LogP) is -1.90. The van der Waals surface area contributed by atoms with E-state index in [1.54, 1.807) is 0 Å². The SMILES string of the molecule is N[C@@H](CCC(=O)NO)C(=O)NO. The highest BCUT2D eigenvalue weighted by Crippen LogP contribution is 1.93. The van der Waals surface area contributed by atoms with Crippen molar-refractivity contribution in [3.8, 4) is 0 Å². The second-order valence-electron chi connectivity index (χ2n) is 2.16. The monoisotopic (exact) mass is 177 g/mol. The lowest BCUT2D eigenvalue weighted by Gasteiger charge is -2.07. The molecule has 1 atom stereocenters. The summed E-state index contributed by atoms with van der Waals surface area (Å²) in [4.78, 5) is 20.9. The Hall–Kier alpha value is -1.18. The van der Waals surface area contributed by atoms with E-state index in [9.17, 15) is 9.59 Å². The fraction of sp³-hybridized carbons (Fsp3) is 0.600. The van der Waals surface area contributed by atoms with E-state index >= 15 is 0 Å². The Kier molecular flexibility index (Phi) is 4.93. The lowest BCUT2D eigenvalue weighted by molar-refractivity contribution is -0.132. The number of carbonyl (C=O) groups is 2. The molecule has 0 unspecified atom stereocenters. The van der Waals surface area contributed by atoms with Gasteiger partial charge in [0.15, 0.2) is 0 Å². The molecule has 70 valence electrons. The topological polar surface area (TPSA) is 125 Å². The summed E-state index contributed by atoms with van der Waals surface area (Å²) in [6, 6.07) is -0.952. The van der Waals surface area contributed by atoms with Crippen LogP contribution in [0.1, 0.15) is 12.8 Å². The highest BCUT2D eigenvalue weighted by Gasteiger charge is 2.13. The van der Waals surface area contributed by atoms with Crippen molar-refractivity contribution in [3.05, 3.63) is 0 Å². The van der Waals surface area contributed by atoms with Crippen molar-refractivity contribution in [1.82, 2.24) is 11.0 Å². The van der Waals surface area contributed by atoms with Gasteiger partial charge in [-0.2, -0.15) is 0 Å². The Bertz CT molecular complexity index is 172. The molecule has 0 rings (SSSR count). The molecule has 0 aliphatic carbocycles. The Morgan fingerprint density at radius 2 is 1.92 bits per heavy atom. The molecular weight excluding hydrogens is 166 g/mol. The van der Waals surface area contributed by atoms with Crippen molar-refractivity contribution in [2.75, 3.05) is 0 Å². The van der Waals surface area contributed by atoms with E-state index in [0.717, 1.165) is 0 Å². The van der Waals surface area contributed by atoms with Crippen LogP contribution in [-0.2, 0) is 9.59 Å². The van der Waals surface area contributed by atoms with Crippen LogP contribution in [0, 0.1) is 0 Å². The van der Waals surface area contributed by atoms with Gasteiger partial charge in [-0.3, -0.25) is 20.0 Å². The van der Waals surface area contributed by atoms with E-state index in [-0.39, 0.29) is 12.8 Å². The highest BCUT2D eigenvalue weighted by molar-refractivity contribution is 5.81. The van der Waals surface area contributed by atoms with Crippen LogP contribution in [0.4, 0.5) is 0 Å². The van der Waals surface area contributed by atoms with E-state index in [1.807, 2.05) is 0 Å². The van der Waals surface area contributed by atoms with Gasteiger partial charge in [0, 0.05) is 6.42 Å². The standard InChI is InChI=1S/C5H11N3O4/c6-3(5(10)8-12)1-2-4(9)7-11/h3,11-12H,1-2,6H2,(H,7,9)(H,8,10)/t3-/m0/s1. The summed E-state index contributed by atoms with van der Waals surface area (Å²) in [6.07, 6.45) is -0.0239. The van der Waals surface area contributed by atoms with Gasteiger partial charge in [0.25, 0.3) is 5.91 Å². The third kappa shape index (κ3) is 3.86. The number of hydrogen-bond acceptors (Lipinski definition) is 5. The molecule has 0 radical (unpaired) electrons. The molecule has 0 aromatic heterocycles. The summed E-state index contributed by atoms with van der Waals surface area (Å²) >= 11 is 0. The number of rotatable bonds is 4. The largest absolute Gasteiger partial charge is 0.320 e. The second-order valence-corrected chi connectivity index (χ2v) is 2.16. The zero-order chi connectivity index (χ0) is 9.56. The Labute approximate surface area is 68.5 Å². The van der Waals surface area contributed by atoms with Gasteiger partial charge in [-0.15, -0.1) is 0 Å². The fourth-order valence-corrected chi connectivity index (χ4v) is 0.557. The summed E-state index contributed by atoms with van der Waals surface area (Å²) in [5.74, 6) is -1.39. The molecule has 0 aliphatic heterocycles. The van der Waals surface area contributed by atoms with Crippen LogP contribution < -0.4 is 16.7 Å². The minimum Gasteiger partial charge on any atom is -0.320 e. The maximum Gasteiger partial charge on any atom is 0.260 e. The van der Waals surface area contributed by atoms with Gasteiger partial charge in [0.2, 0.25) is 5.91 Å². The first-order valence-electron chi connectivity index (χ1n) is 3.24. The first kappa shape index (κ1) is 10.8. The second kappa shape index (κ2) is 5.47. The van der Waals surface area contributed by atoms with Crippen LogP contribution in [0.2, 0.25) is 0 Å². The van der Waals surface area contributed by atoms with Crippen molar-refractivity contribution in [2.45, 2.75) is 18.9 Å². The van der Waals surface area contributed by atoms with Crippen molar-refractivity contribution in [1.29, 1.82) is 0 Å². The molecule has 2 amide bonds. The molecule has 7 heteroatoms. The van der Waals surface area contributed by atoms with Crippen LogP contribution in [0.3, 0.4) is 0 Å². The Morgan fingerprint density at radius 1 is 1.33 bits per heavy atom. The smallest absolute Gasteiger partial charge is 0.260 e. The molecule has 0 aromatic rings. The van der Waals surface area contributed by atoms with Gasteiger partial charge in [0.1, 0.15) is 0 Å². The average Bonchev–Trinajstić information content (AvgIpc) is 2.11. The molecule has 6 N–H and O–H groups in total. The quantitative estimate of drug-likeness (QED) is 0.253. The van der Waals surface area contributed by atoms with Gasteiger partial charge >= 0.3 is 0 Å². The van der Waals surface area contributed by atoms with Crippen LogP contribution in [-0.4, -0.2) is 28.3 Å². The number of carbonyl (C=O) groups excluding carboxylic acids is 2. The average molecular weight is 177 g/mol. The van der Waals surface area contributed by atoms with Gasteiger partial charge in [-0.25, -0.2) is 11.0 Å². The Balaban J connectivity index is 3.63. The molecular formula is C5H11N3O4. The van der Waals surface area contributed by atoms with Crippen molar-refractivity contribution >= 4 is 11.8 Å². The summed E-state index contributed by atoms with van der Waals surface area (Å²) < 4.78 is 0. The normalized spacial score (nSPS) is 11.9. The van der Waals surface area contributed by atoms with Crippen molar-refractivity contribution in [3.63, 3.8) is 0 Å². The van der Waals surface area contributed by atoms with Gasteiger partial charge in [0.05, 0.1) is 6.04 Å². The van der Waals surface area contributed by atoms with E-state index in [2.05, 4.69) is 0 Å². The minimum atomic E-state index is -0.952. The highest BCUT2D eigenvalue weighted by atomic mass is 16.5. The summed E-state index contributed by atoms with van der Waals surface area (Å²) in [5.41, 5.74) is 7.93. The first-order chi connectivity index (χ1) is 5.61. The zero-order valence-electron chi connectivity index (χ0n) is 6.28. The molecule has 12 heavy (non-hydrogen) atoms. The molecule has 0 fully saturated rings. The first-order valence-corrected chi connectivity index (χ1v) is 3.24. The van der Waals surface area contributed by atoms with Gasteiger partial charge < -0.3 is 5.73 Å². The number of nitrogens with two attached hydrogens (primary N) is 1. The molecule has 0 aliphatic rings. The van der Waals surface area contributed by atoms with E-state index in [4.69, 9.17) is 16.1 Å². The Morgan fingerprint density at radius 3 is 2.33 bits per heavy atom. The van der Waals surface area contributed by atoms with Gasteiger partial charge in [-0.1, -0.05) is 0 Å². The predicted molar refractivity (Wildman–Crippen MR) is 37.1 cm³/mol. The summed E-state index contributed by atoms with van der Waals surface area (Å²) in [7, 11) is 0. The summed E-state index contributed by atoms with van der Waals surface area (Å²) in [5, 5.41) is 16.2. The fourth-order valence-electron chi connectivity index (χ4n) is 0.557. The molecule has 7 nitrogen and oxygen atoms in total. The number of hydroxylamine groups is 2. The van der Waals surface area contributed by atoms with Crippen LogP contribution in [0.15, 0.2) is 0 Å². The molecule has 0 spiro atoms.